The van der Waals surface area contributed by atoms with E-state index < -0.39 is 20.9 Å². The van der Waals surface area contributed by atoms with Crippen molar-refractivity contribution in [2.24, 2.45) is 0 Å². The minimum absolute atomic E-state index is 0.206. The number of sulfonamides is 1. The summed E-state index contributed by atoms with van der Waals surface area (Å²) in [6, 6.07) is 9.25. The van der Waals surface area contributed by atoms with Crippen molar-refractivity contribution in [3.63, 3.8) is 0 Å². The minimum Gasteiger partial charge on any atom is -0.280 e. The van der Waals surface area contributed by atoms with Crippen molar-refractivity contribution in [2.45, 2.75) is 11.8 Å². The summed E-state index contributed by atoms with van der Waals surface area (Å²) in [6.07, 6.45) is 0. The van der Waals surface area contributed by atoms with Crippen LogP contribution in [0.5, 0.6) is 0 Å². The molecule has 0 radical (unpaired) electrons. The second kappa shape index (κ2) is 7.28. The maximum absolute atomic E-state index is 12.4. The van der Waals surface area contributed by atoms with Crippen LogP contribution in [0.2, 0.25) is 0 Å². The molecule has 0 aliphatic carbocycles. The summed E-state index contributed by atoms with van der Waals surface area (Å²) in [5.41, 5.74) is 2.69. The molecule has 0 aliphatic rings. The van der Waals surface area contributed by atoms with Crippen LogP contribution in [-0.4, -0.2) is 26.4 Å². The lowest BCUT2D eigenvalue weighted by Gasteiger charge is -2.09. The van der Waals surface area contributed by atoms with Gasteiger partial charge in [0, 0.05) is 22.9 Å². The molecule has 9 nitrogen and oxygen atoms in total. The molecule has 0 spiro atoms. The highest BCUT2D eigenvalue weighted by atomic mass is 32.2. The highest BCUT2D eigenvalue weighted by molar-refractivity contribution is 7.92. The first-order valence-corrected chi connectivity index (χ1v) is 8.44. The normalized spacial score (nSPS) is 11.0. The van der Waals surface area contributed by atoms with Gasteiger partial charge in [-0.05, 0) is 37.3 Å². The third kappa shape index (κ3) is 4.31. The van der Waals surface area contributed by atoms with Crippen LogP contribution in [0, 0.1) is 17.0 Å². The lowest BCUT2D eigenvalue weighted by molar-refractivity contribution is -0.385. The van der Waals surface area contributed by atoms with Crippen molar-refractivity contribution in [2.75, 3.05) is 11.8 Å². The molecule has 25 heavy (non-hydrogen) atoms. The SMILES string of the molecule is CONC(=O)c1ccc(NS(=O)(=O)c2ccc(C)c([N+](=O)[O-])c2)cc1. The molecule has 2 N–H and O–H groups in total. The molecule has 10 heteroatoms. The number of nitro groups is 1. The second-order valence-electron chi connectivity index (χ2n) is 5.02. The Kier molecular flexibility index (Phi) is 5.35. The fraction of sp³-hybridized carbons (Fsp3) is 0.133. The Morgan fingerprint density at radius 2 is 1.80 bits per heavy atom. The molecule has 0 bridgehead atoms. The quantitative estimate of drug-likeness (QED) is 0.595. The van der Waals surface area contributed by atoms with Crippen LogP contribution in [-0.2, 0) is 14.9 Å². The molecule has 2 aromatic rings. The number of hydrogen-bond acceptors (Lipinski definition) is 6. The first kappa shape index (κ1) is 18.4. The summed E-state index contributed by atoms with van der Waals surface area (Å²) < 4.78 is 27.1. The van der Waals surface area contributed by atoms with Crippen LogP contribution in [0.1, 0.15) is 15.9 Å². The molecule has 0 atom stereocenters. The summed E-state index contributed by atoms with van der Waals surface area (Å²) >= 11 is 0. The highest BCUT2D eigenvalue weighted by Crippen LogP contribution is 2.24. The second-order valence-corrected chi connectivity index (χ2v) is 6.71. The zero-order chi connectivity index (χ0) is 18.6. The van der Waals surface area contributed by atoms with Crippen LogP contribution in [0.15, 0.2) is 47.4 Å². The van der Waals surface area contributed by atoms with Gasteiger partial charge in [-0.25, -0.2) is 13.9 Å². The van der Waals surface area contributed by atoms with Crippen molar-refractivity contribution < 1.29 is 23.0 Å². The number of benzene rings is 2. The molecule has 0 saturated heterocycles. The van der Waals surface area contributed by atoms with E-state index >= 15 is 0 Å². The molecule has 2 aromatic carbocycles. The number of carbonyl (C=O) groups excluding carboxylic acids is 1. The fourth-order valence-corrected chi connectivity index (χ4v) is 3.09. The first-order chi connectivity index (χ1) is 11.7. The van der Waals surface area contributed by atoms with E-state index in [2.05, 4.69) is 15.0 Å². The van der Waals surface area contributed by atoms with E-state index in [1.54, 1.807) is 0 Å². The van der Waals surface area contributed by atoms with Gasteiger partial charge in [-0.15, -0.1) is 0 Å². The smallest absolute Gasteiger partial charge is 0.274 e. The molecule has 132 valence electrons. The summed E-state index contributed by atoms with van der Waals surface area (Å²) in [6.45, 7) is 1.52. The van der Waals surface area contributed by atoms with Crippen LogP contribution < -0.4 is 10.2 Å². The summed E-state index contributed by atoms with van der Waals surface area (Å²) in [5, 5.41) is 11.0. The van der Waals surface area contributed by atoms with E-state index in [1.807, 2.05) is 0 Å². The number of hydroxylamine groups is 1. The Labute approximate surface area is 143 Å². The van der Waals surface area contributed by atoms with Crippen molar-refractivity contribution in [3.05, 3.63) is 63.7 Å². The summed E-state index contributed by atoms with van der Waals surface area (Å²) in [5.74, 6) is -0.480. The predicted molar refractivity (Wildman–Crippen MR) is 89.6 cm³/mol. The van der Waals surface area contributed by atoms with E-state index in [4.69, 9.17) is 0 Å². The van der Waals surface area contributed by atoms with Crippen LogP contribution in [0.25, 0.3) is 0 Å². The molecule has 0 unspecified atom stereocenters. The molecule has 0 aliphatic heterocycles. The molecule has 0 aromatic heterocycles. The largest absolute Gasteiger partial charge is 0.280 e. The number of nitrogens with zero attached hydrogens (tertiary/aromatic N) is 1. The lowest BCUT2D eigenvalue weighted by Crippen LogP contribution is -2.21. The van der Waals surface area contributed by atoms with Gasteiger partial charge < -0.3 is 0 Å². The third-order valence-electron chi connectivity index (χ3n) is 3.28. The minimum atomic E-state index is -4.01. The Morgan fingerprint density at radius 1 is 1.16 bits per heavy atom. The number of rotatable bonds is 6. The van der Waals surface area contributed by atoms with E-state index in [1.165, 1.54) is 50.4 Å². The highest BCUT2D eigenvalue weighted by Gasteiger charge is 2.20. The zero-order valence-corrected chi connectivity index (χ0v) is 14.2. The molecule has 0 saturated carbocycles. The standard InChI is InChI=1S/C15H15N3O6S/c1-10-3-8-13(9-14(10)18(20)21)25(22,23)17-12-6-4-11(5-7-12)15(19)16-24-2/h3-9,17H,1-2H3,(H,16,19). The van der Waals surface area contributed by atoms with E-state index in [9.17, 15) is 23.3 Å². The van der Waals surface area contributed by atoms with Crippen molar-refractivity contribution in [1.29, 1.82) is 0 Å². The van der Waals surface area contributed by atoms with E-state index in [-0.39, 0.29) is 21.8 Å². The Morgan fingerprint density at radius 3 is 2.36 bits per heavy atom. The van der Waals surface area contributed by atoms with Gasteiger partial charge in [-0.3, -0.25) is 24.5 Å². The van der Waals surface area contributed by atoms with Gasteiger partial charge in [0.15, 0.2) is 0 Å². The third-order valence-corrected chi connectivity index (χ3v) is 4.66. The number of carbonyl (C=O) groups is 1. The van der Waals surface area contributed by atoms with E-state index in [0.29, 0.717) is 5.56 Å². The molecular weight excluding hydrogens is 350 g/mol. The maximum Gasteiger partial charge on any atom is 0.274 e. The van der Waals surface area contributed by atoms with Gasteiger partial charge in [-0.2, -0.15) is 0 Å². The van der Waals surface area contributed by atoms with Crippen LogP contribution in [0.4, 0.5) is 11.4 Å². The van der Waals surface area contributed by atoms with Crippen molar-refractivity contribution >= 4 is 27.3 Å². The van der Waals surface area contributed by atoms with Gasteiger partial charge in [0.1, 0.15) is 0 Å². The van der Waals surface area contributed by atoms with Crippen molar-refractivity contribution in [1.82, 2.24) is 5.48 Å². The Bertz CT molecular complexity index is 909. The van der Waals surface area contributed by atoms with Crippen molar-refractivity contribution in [3.8, 4) is 0 Å². The maximum atomic E-state index is 12.4. The lowest BCUT2D eigenvalue weighted by atomic mass is 10.2. The Hall–Kier alpha value is -2.98. The van der Waals surface area contributed by atoms with Crippen LogP contribution in [0.3, 0.4) is 0 Å². The molecule has 0 fully saturated rings. The van der Waals surface area contributed by atoms with Gasteiger partial charge in [0.2, 0.25) is 0 Å². The van der Waals surface area contributed by atoms with Gasteiger partial charge in [0.05, 0.1) is 16.9 Å². The molecular formula is C15H15N3O6S. The number of anilines is 1. The predicted octanol–water partition coefficient (Wildman–Crippen LogP) is 2.00. The van der Waals surface area contributed by atoms with E-state index in [0.717, 1.165) is 6.07 Å². The first-order valence-electron chi connectivity index (χ1n) is 6.96. The average molecular weight is 365 g/mol. The van der Waals surface area contributed by atoms with Gasteiger partial charge in [-0.1, -0.05) is 6.07 Å². The number of hydrogen-bond donors (Lipinski definition) is 2. The molecule has 1 amide bonds. The summed E-state index contributed by atoms with van der Waals surface area (Å²) in [7, 11) is -2.72. The van der Waals surface area contributed by atoms with Gasteiger partial charge >= 0.3 is 0 Å². The molecule has 0 heterocycles. The number of nitro benzene ring substituents is 1. The Balaban J connectivity index is 2.26. The number of nitrogens with one attached hydrogen (secondary N) is 2. The monoisotopic (exact) mass is 365 g/mol. The fourth-order valence-electron chi connectivity index (χ4n) is 2.01. The topological polar surface area (TPSA) is 128 Å². The summed E-state index contributed by atoms with van der Waals surface area (Å²) in [4.78, 5) is 26.1. The van der Waals surface area contributed by atoms with Crippen LogP contribution >= 0.6 is 0 Å². The van der Waals surface area contributed by atoms with Gasteiger partial charge in [0.25, 0.3) is 21.6 Å². The average Bonchev–Trinajstić information content (AvgIpc) is 2.55. The number of aryl methyl sites for hydroxylation is 1. The molecule has 2 rings (SSSR count). The number of amides is 1. The zero-order valence-electron chi connectivity index (χ0n) is 13.3.